The number of imide groups is 1. The van der Waals surface area contributed by atoms with Crippen LogP contribution in [0.4, 0.5) is 0 Å². The average molecular weight is 313 g/mol. The van der Waals surface area contributed by atoms with E-state index in [0.717, 1.165) is 16.7 Å². The van der Waals surface area contributed by atoms with Gasteiger partial charge in [0.25, 0.3) is 11.8 Å². The zero-order valence-electron chi connectivity index (χ0n) is 13.0. The molecule has 0 unspecified atom stereocenters. The van der Waals surface area contributed by atoms with Crippen molar-refractivity contribution in [1.29, 1.82) is 0 Å². The predicted molar refractivity (Wildman–Crippen MR) is 92.5 cm³/mol. The van der Waals surface area contributed by atoms with Crippen molar-refractivity contribution in [3.63, 3.8) is 0 Å². The van der Waals surface area contributed by atoms with E-state index in [0.29, 0.717) is 11.1 Å². The SMILES string of the molecule is O=C(c1ccccc1)N1Cc2ccccc2-c2ccccc2C1=O. The number of amides is 2. The van der Waals surface area contributed by atoms with Gasteiger partial charge in [0.15, 0.2) is 0 Å². The molecule has 24 heavy (non-hydrogen) atoms. The number of nitrogens with zero attached hydrogens (tertiary/aromatic N) is 1. The topological polar surface area (TPSA) is 37.4 Å². The first-order valence-electron chi connectivity index (χ1n) is 7.84. The summed E-state index contributed by atoms with van der Waals surface area (Å²) >= 11 is 0. The van der Waals surface area contributed by atoms with E-state index in [4.69, 9.17) is 0 Å². The van der Waals surface area contributed by atoms with Gasteiger partial charge in [0, 0.05) is 11.1 Å². The molecule has 1 heterocycles. The van der Waals surface area contributed by atoms with Gasteiger partial charge < -0.3 is 0 Å². The van der Waals surface area contributed by atoms with Gasteiger partial charge in [0.05, 0.1) is 6.54 Å². The molecule has 0 saturated heterocycles. The molecule has 0 radical (unpaired) electrons. The number of hydrogen-bond donors (Lipinski definition) is 0. The van der Waals surface area contributed by atoms with Gasteiger partial charge in [-0.1, -0.05) is 60.7 Å². The molecule has 0 saturated carbocycles. The fourth-order valence-electron chi connectivity index (χ4n) is 3.11. The number of rotatable bonds is 1. The molecule has 0 aliphatic carbocycles. The Labute approximate surface area is 140 Å². The number of benzene rings is 3. The van der Waals surface area contributed by atoms with E-state index < -0.39 is 0 Å². The number of fused-ring (bicyclic) bond motifs is 3. The molecule has 116 valence electrons. The number of carbonyl (C=O) groups is 2. The molecule has 1 aliphatic rings. The second-order valence-electron chi connectivity index (χ2n) is 5.77. The third-order valence-electron chi connectivity index (χ3n) is 4.30. The third kappa shape index (κ3) is 2.31. The first-order valence-corrected chi connectivity index (χ1v) is 7.84. The van der Waals surface area contributed by atoms with Gasteiger partial charge in [0.2, 0.25) is 0 Å². The lowest BCUT2D eigenvalue weighted by atomic mass is 9.97. The van der Waals surface area contributed by atoms with Crippen LogP contribution in [0.1, 0.15) is 26.3 Å². The first kappa shape index (κ1) is 14.4. The average Bonchev–Trinajstić information content (AvgIpc) is 2.78. The van der Waals surface area contributed by atoms with Gasteiger partial charge in [-0.05, 0) is 34.9 Å². The zero-order valence-corrected chi connectivity index (χ0v) is 13.0. The summed E-state index contributed by atoms with van der Waals surface area (Å²) in [5.74, 6) is -0.525. The minimum Gasteiger partial charge on any atom is -0.270 e. The zero-order chi connectivity index (χ0) is 16.5. The fourth-order valence-corrected chi connectivity index (χ4v) is 3.11. The molecule has 2 amide bonds. The highest BCUT2D eigenvalue weighted by molar-refractivity contribution is 6.13. The molecule has 1 aliphatic heterocycles. The predicted octanol–water partition coefficient (Wildman–Crippen LogP) is 4.15. The van der Waals surface area contributed by atoms with Crippen molar-refractivity contribution in [3.05, 3.63) is 95.6 Å². The van der Waals surface area contributed by atoms with E-state index in [1.165, 1.54) is 4.90 Å². The molecule has 0 spiro atoms. The maximum atomic E-state index is 13.0. The lowest BCUT2D eigenvalue weighted by Gasteiger charge is -2.19. The van der Waals surface area contributed by atoms with E-state index in [-0.39, 0.29) is 18.4 Å². The monoisotopic (exact) mass is 313 g/mol. The smallest absolute Gasteiger partial charge is 0.261 e. The molecule has 0 fully saturated rings. The van der Waals surface area contributed by atoms with Crippen molar-refractivity contribution in [3.8, 4) is 11.1 Å². The summed E-state index contributed by atoms with van der Waals surface area (Å²) in [7, 11) is 0. The Morgan fingerprint density at radius 3 is 2.04 bits per heavy atom. The standard InChI is InChI=1S/C21H15NO2/c23-20(15-8-2-1-3-9-15)22-14-16-10-4-5-11-17(16)18-12-6-7-13-19(18)21(22)24/h1-13H,14H2. The van der Waals surface area contributed by atoms with Crippen LogP contribution >= 0.6 is 0 Å². The van der Waals surface area contributed by atoms with Crippen LogP contribution in [0.5, 0.6) is 0 Å². The molecule has 0 bridgehead atoms. The lowest BCUT2D eigenvalue weighted by molar-refractivity contribution is 0.0606. The van der Waals surface area contributed by atoms with E-state index in [2.05, 4.69) is 0 Å². The Bertz CT molecular complexity index is 931. The van der Waals surface area contributed by atoms with Crippen molar-refractivity contribution in [2.24, 2.45) is 0 Å². The van der Waals surface area contributed by atoms with Gasteiger partial charge in [-0.25, -0.2) is 0 Å². The van der Waals surface area contributed by atoms with E-state index >= 15 is 0 Å². The quantitative estimate of drug-likeness (QED) is 0.633. The summed E-state index contributed by atoms with van der Waals surface area (Å²) in [5.41, 5.74) is 3.93. The summed E-state index contributed by atoms with van der Waals surface area (Å²) in [4.78, 5) is 27.2. The number of carbonyl (C=O) groups excluding carboxylic acids is 2. The highest BCUT2D eigenvalue weighted by Gasteiger charge is 2.30. The van der Waals surface area contributed by atoms with Gasteiger partial charge >= 0.3 is 0 Å². The molecular formula is C21H15NO2. The summed E-state index contributed by atoms with van der Waals surface area (Å²) in [6.07, 6.45) is 0. The molecule has 0 atom stereocenters. The summed E-state index contributed by atoms with van der Waals surface area (Å²) in [6, 6.07) is 24.2. The van der Waals surface area contributed by atoms with Gasteiger partial charge in [-0.2, -0.15) is 0 Å². The molecule has 3 aromatic rings. The minimum atomic E-state index is -0.271. The van der Waals surface area contributed by atoms with E-state index in [1.807, 2.05) is 48.5 Å². The van der Waals surface area contributed by atoms with E-state index in [1.54, 1.807) is 30.3 Å². The van der Waals surface area contributed by atoms with Crippen LogP contribution in [-0.4, -0.2) is 16.7 Å². The van der Waals surface area contributed by atoms with Crippen LogP contribution in [0.2, 0.25) is 0 Å². The first-order chi connectivity index (χ1) is 11.8. The molecule has 3 aromatic carbocycles. The largest absolute Gasteiger partial charge is 0.270 e. The van der Waals surface area contributed by atoms with Crippen LogP contribution < -0.4 is 0 Å². The molecule has 3 nitrogen and oxygen atoms in total. The van der Waals surface area contributed by atoms with Crippen LogP contribution in [0.3, 0.4) is 0 Å². The Kier molecular flexibility index (Phi) is 3.47. The Balaban J connectivity index is 1.87. The summed E-state index contributed by atoms with van der Waals surface area (Å²) in [5, 5.41) is 0. The minimum absolute atomic E-state index is 0.254. The summed E-state index contributed by atoms with van der Waals surface area (Å²) < 4.78 is 0. The molecule has 0 aromatic heterocycles. The number of hydrogen-bond acceptors (Lipinski definition) is 2. The Hall–Kier alpha value is -3.20. The second kappa shape index (κ2) is 5.78. The van der Waals surface area contributed by atoms with Crippen molar-refractivity contribution in [1.82, 2.24) is 4.90 Å². The molecule has 3 heteroatoms. The summed E-state index contributed by atoms with van der Waals surface area (Å²) in [6.45, 7) is 0.275. The third-order valence-corrected chi connectivity index (χ3v) is 4.30. The second-order valence-corrected chi connectivity index (χ2v) is 5.77. The van der Waals surface area contributed by atoms with E-state index in [9.17, 15) is 9.59 Å². The van der Waals surface area contributed by atoms with Crippen molar-refractivity contribution < 1.29 is 9.59 Å². The normalized spacial score (nSPS) is 13.0. The Morgan fingerprint density at radius 1 is 0.708 bits per heavy atom. The lowest BCUT2D eigenvalue weighted by Crippen LogP contribution is -2.35. The Morgan fingerprint density at radius 2 is 1.29 bits per heavy atom. The van der Waals surface area contributed by atoms with Crippen LogP contribution in [-0.2, 0) is 6.54 Å². The van der Waals surface area contributed by atoms with Crippen LogP contribution in [0.25, 0.3) is 11.1 Å². The fraction of sp³-hybridized carbons (Fsp3) is 0.0476. The molecular weight excluding hydrogens is 298 g/mol. The van der Waals surface area contributed by atoms with Gasteiger partial charge in [-0.3, -0.25) is 14.5 Å². The van der Waals surface area contributed by atoms with Crippen LogP contribution in [0.15, 0.2) is 78.9 Å². The van der Waals surface area contributed by atoms with Crippen molar-refractivity contribution >= 4 is 11.8 Å². The molecule has 4 rings (SSSR count). The van der Waals surface area contributed by atoms with Gasteiger partial charge in [-0.15, -0.1) is 0 Å². The maximum absolute atomic E-state index is 13.0. The molecule has 0 N–H and O–H groups in total. The maximum Gasteiger partial charge on any atom is 0.261 e. The van der Waals surface area contributed by atoms with Crippen molar-refractivity contribution in [2.75, 3.05) is 0 Å². The highest BCUT2D eigenvalue weighted by Crippen LogP contribution is 2.32. The van der Waals surface area contributed by atoms with Crippen molar-refractivity contribution in [2.45, 2.75) is 6.54 Å². The highest BCUT2D eigenvalue weighted by atomic mass is 16.2. The van der Waals surface area contributed by atoms with Crippen LogP contribution in [0, 0.1) is 0 Å². The van der Waals surface area contributed by atoms with Gasteiger partial charge in [0.1, 0.15) is 0 Å².